The third-order valence-corrected chi connectivity index (χ3v) is 3.06. The second-order valence-electron chi connectivity index (χ2n) is 4.13. The lowest BCUT2D eigenvalue weighted by molar-refractivity contribution is 0.232. The van der Waals surface area contributed by atoms with E-state index in [1.165, 1.54) is 45.6 Å². The van der Waals surface area contributed by atoms with Gasteiger partial charge >= 0.3 is 0 Å². The lowest BCUT2D eigenvalue weighted by atomic mass is 10.3. The Morgan fingerprint density at radius 1 is 1.21 bits per heavy atom. The van der Waals surface area contributed by atoms with Crippen molar-refractivity contribution in [3.63, 3.8) is 0 Å². The van der Waals surface area contributed by atoms with Crippen LogP contribution in [0.2, 0.25) is 0 Å². The molecular formula is C11H25N3. The summed E-state index contributed by atoms with van der Waals surface area (Å²) >= 11 is 0. The summed E-state index contributed by atoms with van der Waals surface area (Å²) in [5.41, 5.74) is 5.51. The largest absolute Gasteiger partial charge is 0.330 e. The maximum atomic E-state index is 5.51. The second kappa shape index (κ2) is 7.21. The van der Waals surface area contributed by atoms with Gasteiger partial charge in [-0.15, -0.1) is 0 Å². The second-order valence-corrected chi connectivity index (χ2v) is 4.13. The molecule has 1 rings (SSSR count). The topological polar surface area (TPSA) is 32.5 Å². The highest BCUT2D eigenvalue weighted by Crippen LogP contribution is 2.06. The zero-order valence-electron chi connectivity index (χ0n) is 9.54. The van der Waals surface area contributed by atoms with Crippen molar-refractivity contribution < 1.29 is 0 Å². The molecule has 0 atom stereocenters. The van der Waals surface area contributed by atoms with Crippen LogP contribution in [0.4, 0.5) is 0 Å². The lowest BCUT2D eigenvalue weighted by Crippen LogP contribution is -2.34. The molecule has 0 aliphatic carbocycles. The van der Waals surface area contributed by atoms with Gasteiger partial charge in [-0.3, -0.25) is 0 Å². The molecule has 1 aliphatic heterocycles. The number of nitrogens with two attached hydrogens (primary N) is 1. The summed E-state index contributed by atoms with van der Waals surface area (Å²) in [6.07, 6.45) is 3.93. The van der Waals surface area contributed by atoms with E-state index in [1.807, 2.05) is 0 Å². The molecule has 1 saturated heterocycles. The Balaban J connectivity index is 2.06. The molecule has 0 bridgehead atoms. The standard InChI is InChI=1S/C11H25N3/c1-2-13(9-5-6-12)10-11-14-7-3-4-8-14/h2-12H2,1H3. The van der Waals surface area contributed by atoms with Crippen LogP contribution in [0.25, 0.3) is 0 Å². The third-order valence-electron chi connectivity index (χ3n) is 3.06. The summed E-state index contributed by atoms with van der Waals surface area (Å²) < 4.78 is 0. The van der Waals surface area contributed by atoms with Gasteiger partial charge in [-0.2, -0.15) is 0 Å². The monoisotopic (exact) mass is 199 g/mol. The molecule has 0 aromatic heterocycles. The predicted octanol–water partition coefficient (Wildman–Crippen LogP) is 0.753. The highest BCUT2D eigenvalue weighted by Gasteiger charge is 2.11. The molecule has 3 nitrogen and oxygen atoms in total. The maximum absolute atomic E-state index is 5.51. The minimum Gasteiger partial charge on any atom is -0.330 e. The van der Waals surface area contributed by atoms with Gasteiger partial charge in [-0.1, -0.05) is 6.92 Å². The Morgan fingerprint density at radius 2 is 1.93 bits per heavy atom. The zero-order valence-corrected chi connectivity index (χ0v) is 9.54. The van der Waals surface area contributed by atoms with E-state index in [9.17, 15) is 0 Å². The number of hydrogen-bond donors (Lipinski definition) is 1. The van der Waals surface area contributed by atoms with Gasteiger partial charge in [-0.05, 0) is 52.0 Å². The Hall–Kier alpha value is -0.120. The lowest BCUT2D eigenvalue weighted by Gasteiger charge is -2.23. The number of likely N-dealkylation sites (N-methyl/N-ethyl adjacent to an activating group) is 1. The summed E-state index contributed by atoms with van der Waals surface area (Å²) in [6.45, 7) is 10.5. The first kappa shape index (κ1) is 12.0. The molecule has 0 spiro atoms. The van der Waals surface area contributed by atoms with Crippen molar-refractivity contribution in [1.29, 1.82) is 0 Å². The number of nitrogens with zero attached hydrogens (tertiary/aromatic N) is 2. The quantitative estimate of drug-likeness (QED) is 0.657. The van der Waals surface area contributed by atoms with Gasteiger partial charge < -0.3 is 15.5 Å². The summed E-state index contributed by atoms with van der Waals surface area (Å²) in [6, 6.07) is 0. The van der Waals surface area contributed by atoms with Crippen LogP contribution in [0.15, 0.2) is 0 Å². The number of hydrogen-bond acceptors (Lipinski definition) is 3. The van der Waals surface area contributed by atoms with E-state index in [0.29, 0.717) is 0 Å². The first-order chi connectivity index (χ1) is 6.86. The van der Waals surface area contributed by atoms with Crippen molar-refractivity contribution in [3.8, 4) is 0 Å². The van der Waals surface area contributed by atoms with Crippen molar-refractivity contribution in [1.82, 2.24) is 9.80 Å². The highest BCUT2D eigenvalue weighted by atomic mass is 15.2. The van der Waals surface area contributed by atoms with Crippen molar-refractivity contribution in [2.24, 2.45) is 5.73 Å². The molecule has 3 heteroatoms. The van der Waals surface area contributed by atoms with Crippen molar-refractivity contribution >= 4 is 0 Å². The number of likely N-dealkylation sites (tertiary alicyclic amines) is 1. The van der Waals surface area contributed by atoms with Crippen molar-refractivity contribution in [3.05, 3.63) is 0 Å². The Morgan fingerprint density at radius 3 is 2.50 bits per heavy atom. The summed E-state index contributed by atoms with van der Waals surface area (Å²) in [5, 5.41) is 0. The van der Waals surface area contributed by atoms with E-state index in [0.717, 1.165) is 19.5 Å². The summed E-state index contributed by atoms with van der Waals surface area (Å²) in [7, 11) is 0. The average molecular weight is 199 g/mol. The number of rotatable bonds is 7. The molecule has 1 heterocycles. The van der Waals surface area contributed by atoms with Gasteiger partial charge in [0.25, 0.3) is 0 Å². The van der Waals surface area contributed by atoms with Crippen LogP contribution in [-0.4, -0.2) is 55.6 Å². The Labute approximate surface area is 88.2 Å². The normalized spacial score (nSPS) is 18.2. The van der Waals surface area contributed by atoms with Crippen LogP contribution >= 0.6 is 0 Å². The third kappa shape index (κ3) is 4.40. The highest BCUT2D eigenvalue weighted by molar-refractivity contribution is 4.68. The van der Waals surface area contributed by atoms with E-state index in [-0.39, 0.29) is 0 Å². The van der Waals surface area contributed by atoms with Gasteiger partial charge in [-0.25, -0.2) is 0 Å². The molecule has 0 amide bonds. The molecule has 1 aliphatic rings. The van der Waals surface area contributed by atoms with Gasteiger partial charge in [0.1, 0.15) is 0 Å². The Bertz CT molecular complexity index is 132. The summed E-state index contributed by atoms with van der Waals surface area (Å²) in [5.74, 6) is 0. The SMILES string of the molecule is CCN(CCCN)CCN1CCCC1. The van der Waals surface area contributed by atoms with Gasteiger partial charge in [0.15, 0.2) is 0 Å². The first-order valence-corrected chi connectivity index (χ1v) is 6.01. The average Bonchev–Trinajstić information content (AvgIpc) is 2.71. The van der Waals surface area contributed by atoms with Crippen LogP contribution in [0.5, 0.6) is 0 Å². The predicted molar refractivity (Wildman–Crippen MR) is 61.5 cm³/mol. The molecule has 0 aromatic rings. The minimum absolute atomic E-state index is 0.820. The molecule has 0 radical (unpaired) electrons. The van der Waals surface area contributed by atoms with E-state index in [4.69, 9.17) is 5.73 Å². The Kier molecular flexibility index (Phi) is 6.15. The van der Waals surface area contributed by atoms with Gasteiger partial charge in [0.2, 0.25) is 0 Å². The molecule has 1 fully saturated rings. The summed E-state index contributed by atoms with van der Waals surface area (Å²) in [4.78, 5) is 5.08. The van der Waals surface area contributed by atoms with Crippen LogP contribution in [0, 0.1) is 0 Å². The van der Waals surface area contributed by atoms with E-state index < -0.39 is 0 Å². The van der Waals surface area contributed by atoms with Crippen molar-refractivity contribution in [2.75, 3.05) is 45.8 Å². The molecule has 14 heavy (non-hydrogen) atoms. The van der Waals surface area contributed by atoms with Crippen LogP contribution in [0.3, 0.4) is 0 Å². The van der Waals surface area contributed by atoms with E-state index in [1.54, 1.807) is 0 Å². The maximum Gasteiger partial charge on any atom is 0.0109 e. The van der Waals surface area contributed by atoms with Crippen LogP contribution in [-0.2, 0) is 0 Å². The molecule has 0 aromatic carbocycles. The smallest absolute Gasteiger partial charge is 0.0109 e. The van der Waals surface area contributed by atoms with Crippen molar-refractivity contribution in [2.45, 2.75) is 26.2 Å². The van der Waals surface area contributed by atoms with E-state index >= 15 is 0 Å². The molecule has 2 N–H and O–H groups in total. The fraction of sp³-hybridized carbons (Fsp3) is 1.00. The first-order valence-electron chi connectivity index (χ1n) is 6.01. The molecule has 0 saturated carbocycles. The molecular weight excluding hydrogens is 174 g/mol. The van der Waals surface area contributed by atoms with Gasteiger partial charge in [0.05, 0.1) is 0 Å². The van der Waals surface area contributed by atoms with Crippen LogP contribution < -0.4 is 5.73 Å². The van der Waals surface area contributed by atoms with E-state index in [2.05, 4.69) is 16.7 Å². The van der Waals surface area contributed by atoms with Crippen LogP contribution in [0.1, 0.15) is 26.2 Å². The van der Waals surface area contributed by atoms with Gasteiger partial charge in [0, 0.05) is 13.1 Å². The molecule has 0 unspecified atom stereocenters. The minimum atomic E-state index is 0.820. The molecule has 84 valence electrons. The zero-order chi connectivity index (χ0) is 10.2. The fourth-order valence-corrected chi connectivity index (χ4v) is 2.03. The fourth-order valence-electron chi connectivity index (χ4n) is 2.03.